The summed E-state index contributed by atoms with van der Waals surface area (Å²) in [4.78, 5) is 0. The van der Waals surface area contributed by atoms with Crippen molar-refractivity contribution in [1.82, 2.24) is 0 Å². The lowest BCUT2D eigenvalue weighted by molar-refractivity contribution is -0.139. The van der Waals surface area contributed by atoms with Gasteiger partial charge >= 0.3 is 6.18 Å². The molecular formula is C13H7ClF4. The molecule has 0 saturated heterocycles. The monoisotopic (exact) mass is 274 g/mol. The van der Waals surface area contributed by atoms with Gasteiger partial charge in [-0.1, -0.05) is 29.8 Å². The van der Waals surface area contributed by atoms with Crippen LogP contribution in [0, 0.1) is 5.82 Å². The number of rotatable bonds is 1. The van der Waals surface area contributed by atoms with Gasteiger partial charge in [0.1, 0.15) is 5.82 Å². The lowest BCUT2D eigenvalue weighted by Gasteiger charge is -2.10. The molecule has 0 spiro atoms. The highest BCUT2D eigenvalue weighted by Gasteiger charge is 2.34. The van der Waals surface area contributed by atoms with Crippen molar-refractivity contribution in [3.63, 3.8) is 0 Å². The summed E-state index contributed by atoms with van der Waals surface area (Å²) in [5.41, 5.74) is -0.501. The van der Waals surface area contributed by atoms with Crippen LogP contribution in [0.15, 0.2) is 42.5 Å². The van der Waals surface area contributed by atoms with Crippen molar-refractivity contribution in [2.75, 3.05) is 0 Å². The van der Waals surface area contributed by atoms with Crippen LogP contribution in [-0.4, -0.2) is 0 Å². The lowest BCUT2D eigenvalue weighted by atomic mass is 10.0. The Labute approximate surface area is 106 Å². The standard InChI is InChI=1S/C13H7ClF4/c14-10-3-1-2-8(6-10)9-4-5-12(15)11(7-9)13(16,17)18/h1-7H. The largest absolute Gasteiger partial charge is 0.419 e. The molecule has 0 atom stereocenters. The van der Waals surface area contributed by atoms with Crippen LogP contribution in [0.25, 0.3) is 11.1 Å². The first kappa shape index (κ1) is 12.9. The zero-order valence-electron chi connectivity index (χ0n) is 8.93. The van der Waals surface area contributed by atoms with E-state index in [-0.39, 0.29) is 5.56 Å². The molecule has 0 aliphatic heterocycles. The van der Waals surface area contributed by atoms with E-state index < -0.39 is 17.6 Å². The Bertz CT molecular complexity index is 575. The first-order chi connectivity index (χ1) is 8.38. The fourth-order valence-corrected chi connectivity index (χ4v) is 1.78. The topological polar surface area (TPSA) is 0 Å². The summed E-state index contributed by atoms with van der Waals surface area (Å²) in [5, 5.41) is 0.408. The van der Waals surface area contributed by atoms with E-state index in [4.69, 9.17) is 11.6 Å². The van der Waals surface area contributed by atoms with Gasteiger partial charge in [0.2, 0.25) is 0 Å². The number of benzene rings is 2. The molecule has 0 aliphatic rings. The van der Waals surface area contributed by atoms with Crippen molar-refractivity contribution < 1.29 is 17.6 Å². The van der Waals surface area contributed by atoms with Crippen molar-refractivity contribution in [1.29, 1.82) is 0 Å². The van der Waals surface area contributed by atoms with E-state index in [2.05, 4.69) is 0 Å². The highest BCUT2D eigenvalue weighted by molar-refractivity contribution is 6.30. The van der Waals surface area contributed by atoms with Crippen LogP contribution in [0.4, 0.5) is 17.6 Å². The number of halogens is 5. The predicted molar refractivity (Wildman–Crippen MR) is 61.8 cm³/mol. The zero-order valence-corrected chi connectivity index (χ0v) is 9.69. The number of alkyl halides is 3. The summed E-state index contributed by atoms with van der Waals surface area (Å²) in [6.07, 6.45) is -4.71. The van der Waals surface area contributed by atoms with Gasteiger partial charge in [-0.2, -0.15) is 13.2 Å². The van der Waals surface area contributed by atoms with E-state index in [9.17, 15) is 17.6 Å². The second-order valence-corrected chi connectivity index (χ2v) is 4.14. The van der Waals surface area contributed by atoms with E-state index in [1.54, 1.807) is 18.2 Å². The zero-order chi connectivity index (χ0) is 13.3. The molecule has 0 heterocycles. The molecule has 0 radical (unpaired) electrons. The molecule has 0 bridgehead atoms. The Hall–Kier alpha value is -1.55. The predicted octanol–water partition coefficient (Wildman–Crippen LogP) is 5.16. The number of hydrogen-bond donors (Lipinski definition) is 0. The van der Waals surface area contributed by atoms with Crippen molar-refractivity contribution in [2.24, 2.45) is 0 Å². The Balaban J connectivity index is 2.54. The van der Waals surface area contributed by atoms with Gasteiger partial charge in [0, 0.05) is 5.02 Å². The SMILES string of the molecule is Fc1ccc(-c2cccc(Cl)c2)cc1C(F)(F)F. The molecule has 0 saturated carbocycles. The third kappa shape index (κ3) is 2.64. The average molecular weight is 275 g/mol. The molecule has 2 rings (SSSR count). The normalized spacial score (nSPS) is 11.6. The van der Waals surface area contributed by atoms with Crippen LogP contribution in [0.5, 0.6) is 0 Å². The molecule has 5 heteroatoms. The fraction of sp³-hybridized carbons (Fsp3) is 0.0769. The smallest absolute Gasteiger partial charge is 0.206 e. The van der Waals surface area contributed by atoms with Gasteiger partial charge in [0.05, 0.1) is 5.56 Å². The minimum Gasteiger partial charge on any atom is -0.206 e. The third-order valence-electron chi connectivity index (χ3n) is 2.43. The maximum atomic E-state index is 13.1. The molecule has 2 aromatic carbocycles. The third-order valence-corrected chi connectivity index (χ3v) is 2.66. The Morgan fingerprint density at radius 1 is 0.889 bits per heavy atom. The van der Waals surface area contributed by atoms with Gasteiger partial charge in [0.15, 0.2) is 0 Å². The van der Waals surface area contributed by atoms with Gasteiger partial charge in [-0.05, 0) is 35.4 Å². The molecule has 0 unspecified atom stereocenters. The average Bonchev–Trinajstić information content (AvgIpc) is 2.28. The van der Waals surface area contributed by atoms with Crippen LogP contribution >= 0.6 is 11.6 Å². The maximum Gasteiger partial charge on any atom is 0.419 e. The van der Waals surface area contributed by atoms with Crippen molar-refractivity contribution in [2.45, 2.75) is 6.18 Å². The van der Waals surface area contributed by atoms with Crippen LogP contribution in [-0.2, 0) is 6.18 Å². The molecule has 0 aliphatic carbocycles. The Morgan fingerprint density at radius 2 is 1.56 bits per heavy atom. The maximum absolute atomic E-state index is 13.1. The molecule has 0 aromatic heterocycles. The van der Waals surface area contributed by atoms with E-state index in [1.807, 2.05) is 0 Å². The highest BCUT2D eigenvalue weighted by atomic mass is 35.5. The van der Waals surface area contributed by atoms with Crippen molar-refractivity contribution in [3.05, 3.63) is 58.9 Å². The van der Waals surface area contributed by atoms with Gasteiger partial charge in [0.25, 0.3) is 0 Å². The summed E-state index contributed by atoms with van der Waals surface area (Å²) in [7, 11) is 0. The highest BCUT2D eigenvalue weighted by Crippen LogP contribution is 2.34. The van der Waals surface area contributed by atoms with Crippen molar-refractivity contribution in [3.8, 4) is 11.1 Å². The summed E-state index contributed by atoms with van der Waals surface area (Å²) in [6.45, 7) is 0. The molecule has 18 heavy (non-hydrogen) atoms. The molecule has 0 fully saturated rings. The van der Waals surface area contributed by atoms with Crippen LogP contribution in [0.1, 0.15) is 5.56 Å². The Kier molecular flexibility index (Phi) is 3.30. The number of hydrogen-bond acceptors (Lipinski definition) is 0. The summed E-state index contributed by atoms with van der Waals surface area (Å²) >= 11 is 5.76. The van der Waals surface area contributed by atoms with E-state index >= 15 is 0 Å². The molecule has 0 amide bonds. The lowest BCUT2D eigenvalue weighted by Crippen LogP contribution is -2.08. The van der Waals surface area contributed by atoms with E-state index in [0.29, 0.717) is 10.6 Å². The summed E-state index contributed by atoms with van der Waals surface area (Å²) in [5.74, 6) is -1.28. The molecule has 0 N–H and O–H groups in total. The molecular weight excluding hydrogens is 268 g/mol. The van der Waals surface area contributed by atoms with E-state index in [0.717, 1.165) is 12.1 Å². The second-order valence-electron chi connectivity index (χ2n) is 3.70. The first-order valence-electron chi connectivity index (χ1n) is 5.00. The molecule has 0 nitrogen and oxygen atoms in total. The molecule has 94 valence electrons. The second kappa shape index (κ2) is 4.61. The minimum atomic E-state index is -4.71. The van der Waals surface area contributed by atoms with Gasteiger partial charge < -0.3 is 0 Å². The van der Waals surface area contributed by atoms with Crippen LogP contribution in [0.2, 0.25) is 5.02 Å². The quantitative estimate of drug-likeness (QED) is 0.630. The minimum absolute atomic E-state index is 0.270. The summed E-state index contributed by atoms with van der Waals surface area (Å²) in [6, 6.07) is 9.23. The first-order valence-corrected chi connectivity index (χ1v) is 5.38. The van der Waals surface area contributed by atoms with Crippen LogP contribution < -0.4 is 0 Å². The fourth-order valence-electron chi connectivity index (χ4n) is 1.59. The van der Waals surface area contributed by atoms with Gasteiger partial charge in [-0.15, -0.1) is 0 Å². The van der Waals surface area contributed by atoms with E-state index in [1.165, 1.54) is 12.1 Å². The van der Waals surface area contributed by atoms with Gasteiger partial charge in [-0.25, -0.2) is 4.39 Å². The van der Waals surface area contributed by atoms with Crippen molar-refractivity contribution >= 4 is 11.6 Å². The van der Waals surface area contributed by atoms with Crippen LogP contribution in [0.3, 0.4) is 0 Å². The summed E-state index contributed by atoms with van der Waals surface area (Å²) < 4.78 is 50.8. The van der Waals surface area contributed by atoms with Gasteiger partial charge in [-0.3, -0.25) is 0 Å². The molecule has 2 aromatic rings. The Morgan fingerprint density at radius 3 is 2.17 bits per heavy atom.